The molecule has 2 aromatic rings. The molecule has 1 amide bonds. The molecule has 1 aliphatic rings. The molecule has 0 N–H and O–H groups in total. The van der Waals surface area contributed by atoms with Crippen LogP contribution in [0.1, 0.15) is 23.2 Å². The zero-order valence-electron chi connectivity index (χ0n) is 13.8. The van der Waals surface area contributed by atoms with E-state index in [9.17, 15) is 4.79 Å². The van der Waals surface area contributed by atoms with E-state index in [-0.39, 0.29) is 12.0 Å². The Morgan fingerprint density at radius 3 is 2.83 bits per heavy atom. The van der Waals surface area contributed by atoms with E-state index in [4.69, 9.17) is 9.15 Å². The first-order valence-electron chi connectivity index (χ1n) is 8.17. The van der Waals surface area contributed by atoms with E-state index in [0.717, 1.165) is 37.0 Å². The Balaban J connectivity index is 1.80. The van der Waals surface area contributed by atoms with Crippen LogP contribution in [0.3, 0.4) is 0 Å². The number of nitrogens with zero attached hydrogens (tertiary/aromatic N) is 2. The lowest BCUT2D eigenvalue weighted by Gasteiger charge is -2.26. The van der Waals surface area contributed by atoms with E-state index in [0.29, 0.717) is 18.7 Å². The molecule has 1 fully saturated rings. The molecule has 0 radical (unpaired) electrons. The fourth-order valence-corrected chi connectivity index (χ4v) is 2.94. The van der Waals surface area contributed by atoms with Gasteiger partial charge in [0, 0.05) is 31.6 Å². The van der Waals surface area contributed by atoms with Crippen molar-refractivity contribution in [2.45, 2.75) is 18.9 Å². The van der Waals surface area contributed by atoms with E-state index < -0.39 is 0 Å². The minimum atomic E-state index is 0.0206. The summed E-state index contributed by atoms with van der Waals surface area (Å²) in [7, 11) is 4.03. The smallest absolute Gasteiger partial charge is 0.257 e. The summed E-state index contributed by atoms with van der Waals surface area (Å²) in [6.07, 6.45) is 3.83. The van der Waals surface area contributed by atoms with Gasteiger partial charge in [-0.2, -0.15) is 0 Å². The summed E-state index contributed by atoms with van der Waals surface area (Å²) < 4.78 is 11.2. The standard InChI is InChI=1S/C18H24N2O3/c1-19(2)9-10-20(12-14-6-5-11-22-14)18(21)16-13-23-17-8-4-3-7-15(16)17/h3-4,7-8,13-14H,5-6,9-12H2,1-2H3/t14-/m0/s1. The molecular weight excluding hydrogens is 292 g/mol. The van der Waals surface area contributed by atoms with Crippen LogP contribution in [0.25, 0.3) is 11.0 Å². The molecule has 0 unspecified atom stereocenters. The van der Waals surface area contributed by atoms with Crippen LogP contribution in [0.15, 0.2) is 34.9 Å². The van der Waals surface area contributed by atoms with Gasteiger partial charge >= 0.3 is 0 Å². The summed E-state index contributed by atoms with van der Waals surface area (Å²) in [6.45, 7) is 2.96. The van der Waals surface area contributed by atoms with Crippen LogP contribution >= 0.6 is 0 Å². The molecule has 1 aromatic carbocycles. The number of benzene rings is 1. The number of carbonyl (C=O) groups excluding carboxylic acids is 1. The van der Waals surface area contributed by atoms with Crippen molar-refractivity contribution in [1.82, 2.24) is 9.80 Å². The number of fused-ring (bicyclic) bond motifs is 1. The molecule has 3 rings (SSSR count). The summed E-state index contributed by atoms with van der Waals surface area (Å²) in [6, 6.07) is 7.66. The number of hydrogen-bond donors (Lipinski definition) is 0. The number of rotatable bonds is 6. The fraction of sp³-hybridized carbons (Fsp3) is 0.500. The summed E-state index contributed by atoms with van der Waals surface area (Å²) in [4.78, 5) is 17.0. The Labute approximate surface area is 136 Å². The van der Waals surface area contributed by atoms with Crippen molar-refractivity contribution in [3.63, 3.8) is 0 Å². The number of furan rings is 1. The van der Waals surface area contributed by atoms with Gasteiger partial charge in [0.25, 0.3) is 5.91 Å². The highest BCUT2D eigenvalue weighted by Crippen LogP contribution is 2.23. The van der Waals surface area contributed by atoms with Crippen LogP contribution < -0.4 is 0 Å². The SMILES string of the molecule is CN(C)CCN(C[C@@H]1CCCO1)C(=O)c1coc2ccccc12. The maximum absolute atomic E-state index is 13.0. The van der Waals surface area contributed by atoms with Crippen molar-refractivity contribution in [1.29, 1.82) is 0 Å². The molecule has 0 saturated carbocycles. The molecule has 124 valence electrons. The van der Waals surface area contributed by atoms with E-state index >= 15 is 0 Å². The zero-order valence-corrected chi connectivity index (χ0v) is 13.8. The van der Waals surface area contributed by atoms with E-state index in [1.54, 1.807) is 6.26 Å². The van der Waals surface area contributed by atoms with Gasteiger partial charge in [0.1, 0.15) is 11.8 Å². The molecule has 5 nitrogen and oxygen atoms in total. The first-order chi connectivity index (χ1) is 11.1. The molecule has 23 heavy (non-hydrogen) atoms. The average molecular weight is 316 g/mol. The van der Waals surface area contributed by atoms with Gasteiger partial charge < -0.3 is 19.0 Å². The van der Waals surface area contributed by atoms with E-state index in [1.165, 1.54) is 0 Å². The van der Waals surface area contributed by atoms with Gasteiger partial charge in [0.15, 0.2) is 0 Å². The molecule has 5 heteroatoms. The number of likely N-dealkylation sites (N-methyl/N-ethyl adjacent to an activating group) is 1. The topological polar surface area (TPSA) is 45.9 Å². The minimum Gasteiger partial charge on any atom is -0.463 e. The number of carbonyl (C=O) groups is 1. The average Bonchev–Trinajstić information content (AvgIpc) is 3.20. The summed E-state index contributed by atoms with van der Waals surface area (Å²) in [5.41, 5.74) is 1.39. The van der Waals surface area contributed by atoms with Gasteiger partial charge in [0.05, 0.1) is 11.7 Å². The lowest BCUT2D eigenvalue weighted by atomic mass is 10.1. The monoisotopic (exact) mass is 316 g/mol. The number of para-hydroxylation sites is 1. The molecule has 0 aliphatic carbocycles. The van der Waals surface area contributed by atoms with E-state index in [2.05, 4.69) is 4.90 Å². The van der Waals surface area contributed by atoms with Crippen LogP contribution in [0.2, 0.25) is 0 Å². The lowest BCUT2D eigenvalue weighted by Crippen LogP contribution is -2.41. The largest absolute Gasteiger partial charge is 0.463 e. The van der Waals surface area contributed by atoms with Gasteiger partial charge in [0.2, 0.25) is 0 Å². The fourth-order valence-electron chi connectivity index (χ4n) is 2.94. The van der Waals surface area contributed by atoms with Gasteiger partial charge in [-0.3, -0.25) is 4.79 Å². The quantitative estimate of drug-likeness (QED) is 0.822. The molecule has 0 bridgehead atoms. The van der Waals surface area contributed by atoms with Crippen LogP contribution in [0.5, 0.6) is 0 Å². The maximum Gasteiger partial charge on any atom is 0.257 e. The van der Waals surface area contributed by atoms with Crippen molar-refractivity contribution in [2.75, 3.05) is 40.3 Å². The van der Waals surface area contributed by atoms with Gasteiger partial charge in [-0.25, -0.2) is 0 Å². The van der Waals surface area contributed by atoms with Crippen molar-refractivity contribution in [2.24, 2.45) is 0 Å². The van der Waals surface area contributed by atoms with Gasteiger partial charge in [-0.05, 0) is 33.0 Å². The third kappa shape index (κ3) is 3.74. The lowest BCUT2D eigenvalue weighted by molar-refractivity contribution is 0.0513. The van der Waals surface area contributed by atoms with Gasteiger partial charge in [-0.15, -0.1) is 0 Å². The first-order valence-corrected chi connectivity index (χ1v) is 8.17. The Morgan fingerprint density at radius 1 is 1.26 bits per heavy atom. The summed E-state index contributed by atoms with van der Waals surface area (Å²) in [5.74, 6) is 0.0206. The maximum atomic E-state index is 13.0. The number of ether oxygens (including phenoxy) is 1. The normalized spacial score (nSPS) is 18.0. The third-order valence-corrected chi connectivity index (χ3v) is 4.26. The van der Waals surface area contributed by atoms with Crippen LogP contribution in [0.4, 0.5) is 0 Å². The highest BCUT2D eigenvalue weighted by molar-refractivity contribution is 6.05. The Hall–Kier alpha value is -1.85. The van der Waals surface area contributed by atoms with Gasteiger partial charge in [-0.1, -0.05) is 18.2 Å². The molecule has 2 heterocycles. The first kappa shape index (κ1) is 16.0. The predicted molar refractivity (Wildman–Crippen MR) is 89.6 cm³/mol. The number of amides is 1. The van der Waals surface area contributed by atoms with Crippen molar-refractivity contribution < 1.29 is 13.9 Å². The molecule has 1 aliphatic heterocycles. The van der Waals surface area contributed by atoms with Crippen molar-refractivity contribution in [3.8, 4) is 0 Å². The second-order valence-electron chi connectivity index (χ2n) is 6.34. The Morgan fingerprint density at radius 2 is 2.09 bits per heavy atom. The van der Waals surface area contributed by atoms with Crippen LogP contribution in [-0.2, 0) is 4.74 Å². The van der Waals surface area contributed by atoms with E-state index in [1.807, 2.05) is 43.3 Å². The highest BCUT2D eigenvalue weighted by Gasteiger charge is 2.25. The van der Waals surface area contributed by atoms with Crippen LogP contribution in [0, 0.1) is 0 Å². The minimum absolute atomic E-state index is 0.0206. The summed E-state index contributed by atoms with van der Waals surface area (Å²) >= 11 is 0. The molecule has 1 aromatic heterocycles. The molecular formula is C18H24N2O3. The van der Waals surface area contributed by atoms with Crippen molar-refractivity contribution >= 4 is 16.9 Å². The van der Waals surface area contributed by atoms with Crippen molar-refractivity contribution in [3.05, 3.63) is 36.1 Å². The number of hydrogen-bond acceptors (Lipinski definition) is 4. The Kier molecular flexibility index (Phi) is 4.98. The molecule has 1 atom stereocenters. The second kappa shape index (κ2) is 7.15. The van der Waals surface area contributed by atoms with Crippen LogP contribution in [-0.4, -0.2) is 62.1 Å². The summed E-state index contributed by atoms with van der Waals surface area (Å²) in [5, 5.41) is 0.875. The second-order valence-corrected chi connectivity index (χ2v) is 6.34. The third-order valence-electron chi connectivity index (χ3n) is 4.26. The molecule has 1 saturated heterocycles. The molecule has 0 spiro atoms. The zero-order chi connectivity index (χ0) is 16.2. The highest BCUT2D eigenvalue weighted by atomic mass is 16.5. The Bertz CT molecular complexity index is 659. The predicted octanol–water partition coefficient (Wildman–Crippen LogP) is 2.62.